The number of imidazole rings is 1. The second kappa shape index (κ2) is 5.60. The lowest BCUT2D eigenvalue weighted by Gasteiger charge is -2.02. The average Bonchev–Trinajstić information content (AvgIpc) is 3.14. The van der Waals surface area contributed by atoms with Crippen molar-refractivity contribution in [3.05, 3.63) is 97.3 Å². The summed E-state index contributed by atoms with van der Waals surface area (Å²) in [6, 6.07) is 29.5. The van der Waals surface area contributed by atoms with E-state index < -0.39 is 0 Å². The third-order valence-corrected chi connectivity index (χ3v) is 4.64. The summed E-state index contributed by atoms with van der Waals surface area (Å²) in [6.45, 7) is 0. The van der Waals surface area contributed by atoms with Crippen molar-refractivity contribution in [3.63, 3.8) is 0 Å². The lowest BCUT2D eigenvalue weighted by Crippen LogP contribution is -1.83. The second-order valence-electron chi connectivity index (χ2n) is 6.20. The molecule has 0 fully saturated rings. The van der Waals surface area contributed by atoms with Crippen molar-refractivity contribution in [2.75, 3.05) is 0 Å². The van der Waals surface area contributed by atoms with E-state index in [-0.39, 0.29) is 0 Å². The van der Waals surface area contributed by atoms with Crippen LogP contribution in [0.5, 0.6) is 0 Å². The van der Waals surface area contributed by atoms with E-state index in [2.05, 4.69) is 95.7 Å². The summed E-state index contributed by atoms with van der Waals surface area (Å²) in [4.78, 5) is 4.88. The second-order valence-corrected chi connectivity index (χ2v) is 6.20. The molecule has 0 aliphatic rings. The Balaban J connectivity index is 1.60. The fraction of sp³-hybridized carbons (Fsp3) is 0. The molecule has 0 saturated heterocycles. The number of rotatable bonds is 2. The highest BCUT2D eigenvalue weighted by atomic mass is 15.0. The van der Waals surface area contributed by atoms with Crippen molar-refractivity contribution in [2.45, 2.75) is 0 Å². The van der Waals surface area contributed by atoms with Crippen molar-refractivity contribution >= 4 is 16.4 Å². The molecule has 0 aliphatic carbocycles. The summed E-state index contributed by atoms with van der Waals surface area (Å²) in [7, 11) is 0. The van der Waals surface area contributed by atoms with Gasteiger partial charge in [0.25, 0.3) is 0 Å². The van der Waals surface area contributed by atoms with Crippen molar-refractivity contribution in [1.29, 1.82) is 0 Å². The van der Waals surface area contributed by atoms with E-state index >= 15 is 0 Å². The molecule has 0 bridgehead atoms. The maximum absolute atomic E-state index is 4.88. The van der Waals surface area contributed by atoms with Gasteiger partial charge in [-0.2, -0.15) is 0 Å². The molecule has 0 unspecified atom stereocenters. The van der Waals surface area contributed by atoms with Gasteiger partial charge in [0, 0.05) is 23.3 Å². The molecule has 3 aromatic carbocycles. The summed E-state index contributed by atoms with van der Waals surface area (Å²) in [5.41, 5.74) is 5.58. The minimum atomic E-state index is 0.996. The largest absolute Gasteiger partial charge is 0.306 e. The van der Waals surface area contributed by atoms with Crippen LogP contribution in [-0.2, 0) is 0 Å². The Labute approximate surface area is 146 Å². The lowest BCUT2D eigenvalue weighted by atomic mass is 10.0. The number of hydrogen-bond acceptors (Lipinski definition) is 1. The number of benzene rings is 3. The quantitative estimate of drug-likeness (QED) is 0.400. The van der Waals surface area contributed by atoms with Crippen LogP contribution in [0.15, 0.2) is 97.3 Å². The third kappa shape index (κ3) is 2.39. The SMILES string of the molecule is c1ccc(-c2ccc(-c3cn4ccc5ccccc5c4n3)cc2)cc1. The monoisotopic (exact) mass is 320 g/mol. The minimum Gasteiger partial charge on any atom is -0.306 e. The summed E-state index contributed by atoms with van der Waals surface area (Å²) in [6.07, 6.45) is 4.17. The number of aromatic nitrogens is 2. The summed E-state index contributed by atoms with van der Waals surface area (Å²) in [5, 5.41) is 2.39. The molecule has 118 valence electrons. The molecule has 0 spiro atoms. The first kappa shape index (κ1) is 14.0. The van der Waals surface area contributed by atoms with Gasteiger partial charge in [0.1, 0.15) is 5.65 Å². The zero-order valence-corrected chi connectivity index (χ0v) is 13.6. The Hall–Kier alpha value is -3.39. The molecule has 2 heteroatoms. The molecule has 0 N–H and O–H groups in total. The van der Waals surface area contributed by atoms with E-state index in [1.54, 1.807) is 0 Å². The summed E-state index contributed by atoms with van der Waals surface area (Å²) in [5.74, 6) is 0. The molecule has 0 saturated carbocycles. The number of hydrogen-bond donors (Lipinski definition) is 0. The van der Waals surface area contributed by atoms with Gasteiger partial charge >= 0.3 is 0 Å². The van der Waals surface area contributed by atoms with Crippen molar-refractivity contribution < 1.29 is 0 Å². The van der Waals surface area contributed by atoms with Gasteiger partial charge in [-0.3, -0.25) is 0 Å². The van der Waals surface area contributed by atoms with Gasteiger partial charge < -0.3 is 4.40 Å². The van der Waals surface area contributed by atoms with Gasteiger partial charge in [-0.05, 0) is 22.6 Å². The van der Waals surface area contributed by atoms with Crippen LogP contribution in [0.1, 0.15) is 0 Å². The number of fused-ring (bicyclic) bond motifs is 3. The van der Waals surface area contributed by atoms with Gasteiger partial charge in [0.05, 0.1) is 5.69 Å². The van der Waals surface area contributed by atoms with E-state index in [9.17, 15) is 0 Å². The molecule has 0 radical (unpaired) electrons. The number of nitrogens with zero attached hydrogens (tertiary/aromatic N) is 2. The Morgan fingerprint density at radius 3 is 2.12 bits per heavy atom. The van der Waals surface area contributed by atoms with Crippen LogP contribution in [0.4, 0.5) is 0 Å². The third-order valence-electron chi connectivity index (χ3n) is 4.64. The molecule has 0 aliphatic heterocycles. The van der Waals surface area contributed by atoms with Crippen LogP contribution >= 0.6 is 0 Å². The molecule has 2 aromatic heterocycles. The Bertz CT molecular complexity index is 1170. The van der Waals surface area contributed by atoms with Crippen LogP contribution in [-0.4, -0.2) is 9.38 Å². The van der Waals surface area contributed by atoms with E-state index in [1.807, 2.05) is 6.07 Å². The highest BCUT2D eigenvalue weighted by Gasteiger charge is 2.07. The van der Waals surface area contributed by atoms with E-state index in [1.165, 1.54) is 21.9 Å². The lowest BCUT2D eigenvalue weighted by molar-refractivity contribution is 1.20. The fourth-order valence-corrected chi connectivity index (χ4v) is 3.32. The maximum Gasteiger partial charge on any atom is 0.145 e. The Morgan fingerprint density at radius 2 is 1.28 bits per heavy atom. The first-order valence-corrected chi connectivity index (χ1v) is 8.41. The Kier molecular flexibility index (Phi) is 3.14. The van der Waals surface area contributed by atoms with Crippen LogP contribution < -0.4 is 0 Å². The van der Waals surface area contributed by atoms with E-state index in [0.29, 0.717) is 0 Å². The normalized spacial score (nSPS) is 11.2. The van der Waals surface area contributed by atoms with Crippen molar-refractivity contribution in [2.24, 2.45) is 0 Å². The van der Waals surface area contributed by atoms with Crippen LogP contribution in [0.3, 0.4) is 0 Å². The molecule has 25 heavy (non-hydrogen) atoms. The van der Waals surface area contributed by atoms with Gasteiger partial charge in [-0.1, -0.05) is 78.9 Å². The highest BCUT2D eigenvalue weighted by molar-refractivity contribution is 5.94. The van der Waals surface area contributed by atoms with E-state index in [4.69, 9.17) is 4.98 Å². The zero-order chi connectivity index (χ0) is 16.6. The number of pyridine rings is 1. The molecule has 0 atom stereocenters. The van der Waals surface area contributed by atoms with Crippen LogP contribution in [0.2, 0.25) is 0 Å². The summed E-state index contributed by atoms with van der Waals surface area (Å²) >= 11 is 0. The first-order chi connectivity index (χ1) is 12.4. The standard InChI is InChI=1S/C23H16N2/c1-2-6-17(7-3-1)18-10-12-20(13-11-18)22-16-25-15-14-19-8-4-5-9-21(19)23(25)24-22/h1-16H. The topological polar surface area (TPSA) is 17.3 Å². The molecular weight excluding hydrogens is 304 g/mol. The molecule has 2 nitrogen and oxygen atoms in total. The fourth-order valence-electron chi connectivity index (χ4n) is 3.32. The molecular formula is C23H16N2. The van der Waals surface area contributed by atoms with E-state index in [0.717, 1.165) is 16.9 Å². The van der Waals surface area contributed by atoms with Gasteiger partial charge in [0.15, 0.2) is 0 Å². The van der Waals surface area contributed by atoms with Crippen LogP contribution in [0.25, 0.3) is 38.8 Å². The van der Waals surface area contributed by atoms with Gasteiger partial charge in [0.2, 0.25) is 0 Å². The zero-order valence-electron chi connectivity index (χ0n) is 13.6. The predicted octanol–water partition coefficient (Wildman–Crippen LogP) is 5.82. The summed E-state index contributed by atoms with van der Waals surface area (Å²) < 4.78 is 2.10. The average molecular weight is 320 g/mol. The predicted molar refractivity (Wildman–Crippen MR) is 104 cm³/mol. The first-order valence-electron chi connectivity index (χ1n) is 8.41. The van der Waals surface area contributed by atoms with Crippen molar-refractivity contribution in [3.8, 4) is 22.4 Å². The molecule has 2 heterocycles. The maximum atomic E-state index is 4.88. The highest BCUT2D eigenvalue weighted by Crippen LogP contribution is 2.26. The van der Waals surface area contributed by atoms with Crippen molar-refractivity contribution in [1.82, 2.24) is 9.38 Å². The molecule has 5 aromatic rings. The smallest absolute Gasteiger partial charge is 0.145 e. The van der Waals surface area contributed by atoms with Gasteiger partial charge in [-0.15, -0.1) is 0 Å². The molecule has 5 rings (SSSR count). The van der Waals surface area contributed by atoms with Gasteiger partial charge in [-0.25, -0.2) is 4.98 Å². The molecule has 0 amide bonds. The van der Waals surface area contributed by atoms with Crippen LogP contribution in [0, 0.1) is 0 Å². The minimum absolute atomic E-state index is 0.996. The Morgan fingerprint density at radius 1 is 0.600 bits per heavy atom.